The van der Waals surface area contributed by atoms with E-state index in [4.69, 9.17) is 26.2 Å². The lowest BCUT2D eigenvalue weighted by Crippen LogP contribution is -2.45. The van der Waals surface area contributed by atoms with Gasteiger partial charge in [0.15, 0.2) is 0 Å². The molecule has 2 aliphatic rings. The number of pyridine rings is 2. The van der Waals surface area contributed by atoms with Crippen molar-refractivity contribution in [3.63, 3.8) is 0 Å². The molecule has 1 N–H and O–H groups in total. The number of methoxy groups -OCH3 is 1. The van der Waals surface area contributed by atoms with Crippen LogP contribution in [0.4, 0.5) is 4.39 Å². The zero-order chi connectivity index (χ0) is 26.4. The molecule has 4 aromatic heterocycles. The zero-order valence-corrected chi connectivity index (χ0v) is 22.6. The highest BCUT2D eigenvalue weighted by molar-refractivity contribution is 6.33. The molecule has 0 spiro atoms. The molecule has 0 aromatic carbocycles. The first kappa shape index (κ1) is 27.2. The molecular formula is C27H34ClFN6O2. The standard InChI is InChI=1S/C15H16ClN5.C10H12FNO2.C2H6/c1-10-13-4-5-17-6-7-20(13)19-15(10)11-2-3-14-12(16)8-18-21(14)9-11;1-13-7-10(4-5-14-10)9-3-2-8(11)6-12-9;1-2/h2-3,8-9,17H,4-7H2,1H3;2-3,6H,4-5,7H2,1H3;1-2H3. The predicted molar refractivity (Wildman–Crippen MR) is 142 cm³/mol. The van der Waals surface area contributed by atoms with E-state index in [1.165, 1.54) is 23.5 Å². The maximum absolute atomic E-state index is 12.6. The molecule has 0 radical (unpaired) electrons. The molecular weight excluding hydrogens is 495 g/mol. The van der Waals surface area contributed by atoms with Gasteiger partial charge in [-0.25, -0.2) is 8.91 Å². The van der Waals surface area contributed by atoms with Crippen molar-refractivity contribution in [2.75, 3.05) is 33.4 Å². The summed E-state index contributed by atoms with van der Waals surface area (Å²) < 4.78 is 27.1. The molecule has 37 heavy (non-hydrogen) atoms. The SMILES string of the molecule is CC.COCC1(c2ccc(F)cn2)CCO1.Cc1c(-c2ccc3c(Cl)cnn3c2)nn2c1CCNCC2. The Hall–Kier alpha value is -2.85. The largest absolute Gasteiger partial charge is 0.381 e. The first-order valence-electron chi connectivity index (χ1n) is 12.7. The first-order valence-corrected chi connectivity index (χ1v) is 13.0. The summed E-state index contributed by atoms with van der Waals surface area (Å²) in [6, 6.07) is 7.10. The Bertz CT molecular complexity index is 1320. The van der Waals surface area contributed by atoms with Crippen molar-refractivity contribution in [1.29, 1.82) is 0 Å². The van der Waals surface area contributed by atoms with Gasteiger partial charge in [0.05, 0.1) is 54.1 Å². The van der Waals surface area contributed by atoms with Crippen LogP contribution in [0.25, 0.3) is 16.8 Å². The molecule has 198 valence electrons. The van der Waals surface area contributed by atoms with Gasteiger partial charge in [0.1, 0.15) is 11.4 Å². The van der Waals surface area contributed by atoms with Gasteiger partial charge in [-0.15, -0.1) is 0 Å². The highest BCUT2D eigenvalue weighted by atomic mass is 35.5. The summed E-state index contributed by atoms with van der Waals surface area (Å²) in [5, 5.41) is 13.1. The van der Waals surface area contributed by atoms with Gasteiger partial charge in [0.2, 0.25) is 0 Å². The van der Waals surface area contributed by atoms with Crippen LogP contribution in [-0.2, 0) is 28.0 Å². The number of hydrogen-bond donors (Lipinski definition) is 1. The number of halogens is 2. The van der Waals surface area contributed by atoms with Crippen molar-refractivity contribution in [3.8, 4) is 11.3 Å². The molecule has 0 aliphatic carbocycles. The van der Waals surface area contributed by atoms with Gasteiger partial charge in [0.25, 0.3) is 0 Å². The lowest BCUT2D eigenvalue weighted by atomic mass is 9.91. The van der Waals surface area contributed by atoms with E-state index < -0.39 is 5.60 Å². The van der Waals surface area contributed by atoms with Gasteiger partial charge in [-0.2, -0.15) is 10.2 Å². The van der Waals surface area contributed by atoms with Gasteiger partial charge in [0, 0.05) is 50.5 Å². The second-order valence-corrected chi connectivity index (χ2v) is 9.18. The second-order valence-electron chi connectivity index (χ2n) is 8.77. The van der Waals surface area contributed by atoms with Crippen LogP contribution in [0.5, 0.6) is 0 Å². The van der Waals surface area contributed by atoms with Gasteiger partial charge in [-0.1, -0.05) is 25.4 Å². The Morgan fingerprint density at radius 2 is 2.00 bits per heavy atom. The molecule has 1 fully saturated rings. The highest BCUT2D eigenvalue weighted by Crippen LogP contribution is 2.36. The van der Waals surface area contributed by atoms with E-state index in [0.29, 0.717) is 18.2 Å². The van der Waals surface area contributed by atoms with Crippen LogP contribution in [-0.4, -0.2) is 57.8 Å². The number of aromatic nitrogens is 5. The van der Waals surface area contributed by atoms with Crippen molar-refractivity contribution in [3.05, 3.63) is 70.6 Å². The molecule has 2 aliphatic heterocycles. The Morgan fingerprint density at radius 1 is 1.19 bits per heavy atom. The summed E-state index contributed by atoms with van der Waals surface area (Å²) in [4.78, 5) is 4.01. The number of nitrogens with zero attached hydrogens (tertiary/aromatic N) is 5. The Kier molecular flexibility index (Phi) is 8.91. The number of ether oxygens (including phenoxy) is 2. The van der Waals surface area contributed by atoms with Gasteiger partial charge in [-0.3, -0.25) is 9.67 Å². The summed E-state index contributed by atoms with van der Waals surface area (Å²) in [5.41, 5.74) is 5.93. The van der Waals surface area contributed by atoms with Crippen molar-refractivity contribution in [2.24, 2.45) is 0 Å². The van der Waals surface area contributed by atoms with Crippen LogP contribution in [0.3, 0.4) is 0 Å². The maximum Gasteiger partial charge on any atom is 0.141 e. The van der Waals surface area contributed by atoms with Gasteiger partial charge >= 0.3 is 0 Å². The Balaban J connectivity index is 0.000000174. The number of hydrogen-bond acceptors (Lipinski definition) is 6. The third kappa shape index (κ3) is 5.70. The number of nitrogens with one attached hydrogen (secondary N) is 1. The normalized spacial score (nSPS) is 18.5. The fourth-order valence-corrected chi connectivity index (χ4v) is 4.78. The fourth-order valence-electron chi connectivity index (χ4n) is 4.59. The third-order valence-corrected chi connectivity index (χ3v) is 6.85. The smallest absolute Gasteiger partial charge is 0.141 e. The minimum absolute atomic E-state index is 0.333. The molecule has 0 bridgehead atoms. The quantitative estimate of drug-likeness (QED) is 0.409. The van der Waals surface area contributed by atoms with Crippen LogP contribution < -0.4 is 5.32 Å². The summed E-state index contributed by atoms with van der Waals surface area (Å²) in [6.45, 7) is 10.2. The fraction of sp³-hybridized carbons (Fsp3) is 0.444. The Morgan fingerprint density at radius 3 is 2.68 bits per heavy atom. The number of fused-ring (bicyclic) bond motifs is 2. The van der Waals surface area contributed by atoms with Crippen molar-refractivity contribution in [2.45, 2.75) is 45.8 Å². The van der Waals surface area contributed by atoms with Crippen LogP contribution in [0.2, 0.25) is 5.02 Å². The summed E-state index contributed by atoms with van der Waals surface area (Å²) in [5.74, 6) is -0.333. The van der Waals surface area contributed by atoms with E-state index in [2.05, 4.69) is 33.1 Å². The molecule has 10 heteroatoms. The average Bonchev–Trinajstić information content (AvgIpc) is 3.31. The van der Waals surface area contributed by atoms with Gasteiger partial charge in [-0.05, 0) is 36.8 Å². The van der Waals surface area contributed by atoms with Crippen molar-refractivity contribution in [1.82, 2.24) is 29.7 Å². The topological polar surface area (TPSA) is 78.5 Å². The van der Waals surface area contributed by atoms with E-state index in [1.807, 2.05) is 30.6 Å². The predicted octanol–water partition coefficient (Wildman–Crippen LogP) is 4.81. The molecule has 1 saturated heterocycles. The molecule has 1 atom stereocenters. The van der Waals surface area contributed by atoms with Crippen molar-refractivity contribution >= 4 is 17.1 Å². The molecule has 0 saturated carbocycles. The van der Waals surface area contributed by atoms with Crippen molar-refractivity contribution < 1.29 is 13.9 Å². The second kappa shape index (κ2) is 12.1. The van der Waals surface area contributed by atoms with Crippen LogP contribution in [0.15, 0.2) is 42.9 Å². The van der Waals surface area contributed by atoms with E-state index in [-0.39, 0.29) is 5.82 Å². The minimum Gasteiger partial charge on any atom is -0.381 e. The third-order valence-electron chi connectivity index (χ3n) is 6.56. The van der Waals surface area contributed by atoms with E-state index in [9.17, 15) is 4.39 Å². The van der Waals surface area contributed by atoms with Crippen LogP contribution >= 0.6 is 11.6 Å². The molecule has 0 amide bonds. The highest BCUT2D eigenvalue weighted by Gasteiger charge is 2.41. The van der Waals surface area contributed by atoms with E-state index in [0.717, 1.165) is 54.9 Å². The first-order chi connectivity index (χ1) is 18.0. The van der Waals surface area contributed by atoms with E-state index >= 15 is 0 Å². The van der Waals surface area contributed by atoms with Gasteiger partial charge < -0.3 is 14.8 Å². The minimum atomic E-state index is -0.442. The maximum atomic E-state index is 12.6. The summed E-state index contributed by atoms with van der Waals surface area (Å²) in [7, 11) is 1.62. The van der Waals surface area contributed by atoms with E-state index in [1.54, 1.807) is 19.4 Å². The lowest BCUT2D eigenvalue weighted by molar-refractivity contribution is -0.185. The molecule has 6 rings (SSSR count). The lowest BCUT2D eigenvalue weighted by Gasteiger charge is -2.40. The van der Waals surface area contributed by atoms with Crippen LogP contribution in [0.1, 0.15) is 37.2 Å². The molecule has 8 nitrogen and oxygen atoms in total. The van der Waals surface area contributed by atoms with Crippen LogP contribution in [0, 0.1) is 12.7 Å². The Labute approximate surface area is 221 Å². The average molecular weight is 529 g/mol. The molecule has 4 aromatic rings. The summed E-state index contributed by atoms with van der Waals surface area (Å²) in [6.07, 6.45) is 6.76. The number of rotatable bonds is 4. The molecule has 1 unspecified atom stereocenters. The zero-order valence-electron chi connectivity index (χ0n) is 21.8. The summed E-state index contributed by atoms with van der Waals surface area (Å²) >= 11 is 6.09. The monoisotopic (exact) mass is 528 g/mol. The molecule has 6 heterocycles.